The van der Waals surface area contributed by atoms with Gasteiger partial charge in [0.1, 0.15) is 12.6 Å². The molecule has 8 rings (SSSR count). The molecule has 1 unspecified atom stereocenters. The molecule has 0 saturated carbocycles. The van der Waals surface area contributed by atoms with Crippen LogP contribution in [0.15, 0.2) is 103 Å². The molecule has 3 amide bonds. The fourth-order valence-electron chi connectivity index (χ4n) is 8.70. The Balaban J connectivity index is 0.945. The minimum atomic E-state index is -0.982. The molecule has 4 aliphatic rings. The van der Waals surface area contributed by atoms with Crippen LogP contribution in [0.2, 0.25) is 0 Å². The van der Waals surface area contributed by atoms with E-state index in [1.165, 1.54) is 43.7 Å². The normalized spacial score (nSPS) is 24.3. The molecule has 4 fully saturated rings. The van der Waals surface area contributed by atoms with Crippen molar-refractivity contribution in [1.82, 2.24) is 20.0 Å². The van der Waals surface area contributed by atoms with E-state index in [9.17, 15) is 19.5 Å². The molecule has 5 atom stereocenters. The van der Waals surface area contributed by atoms with E-state index in [-0.39, 0.29) is 44.3 Å². The number of hydrogen-bond donors (Lipinski definition) is 2. The van der Waals surface area contributed by atoms with Crippen LogP contribution < -0.4 is 5.32 Å². The van der Waals surface area contributed by atoms with E-state index in [0.717, 1.165) is 65.0 Å². The summed E-state index contributed by atoms with van der Waals surface area (Å²) in [5.74, 6) is -0.809. The largest absolute Gasteiger partial charge is 0.445 e. The van der Waals surface area contributed by atoms with E-state index < -0.39 is 24.3 Å². The lowest BCUT2D eigenvalue weighted by Crippen LogP contribution is -2.45. The van der Waals surface area contributed by atoms with Crippen LogP contribution in [0.3, 0.4) is 0 Å². The van der Waals surface area contributed by atoms with Crippen molar-refractivity contribution < 1.29 is 33.7 Å². The first-order valence-electron chi connectivity index (χ1n) is 20.4. The van der Waals surface area contributed by atoms with Crippen molar-refractivity contribution in [2.45, 2.75) is 88.9 Å². The summed E-state index contributed by atoms with van der Waals surface area (Å²) in [6.07, 6.45) is 4.14. The molecule has 0 aromatic heterocycles. The summed E-state index contributed by atoms with van der Waals surface area (Å²) in [6.45, 7) is 5.61. The highest BCUT2D eigenvalue weighted by atomic mass is 16.7. The first-order valence-corrected chi connectivity index (χ1v) is 20.4. The Hall–Kier alpha value is -4.91. The van der Waals surface area contributed by atoms with Crippen LogP contribution in [0, 0.1) is 0 Å². The number of aliphatic hydroxyl groups excluding tert-OH is 1. The van der Waals surface area contributed by atoms with E-state index in [2.05, 4.69) is 15.1 Å². The van der Waals surface area contributed by atoms with E-state index >= 15 is 0 Å². The molecule has 11 nitrogen and oxygen atoms in total. The molecular weight excluding hydrogens is 721 g/mol. The van der Waals surface area contributed by atoms with Crippen LogP contribution in [0.5, 0.6) is 0 Å². The number of nitrogens with one attached hydrogen (secondary N) is 1. The van der Waals surface area contributed by atoms with Crippen molar-refractivity contribution in [3.05, 3.63) is 131 Å². The number of nitrogens with zero attached hydrogens (tertiary/aromatic N) is 3. The summed E-state index contributed by atoms with van der Waals surface area (Å²) < 4.78 is 18.7. The highest BCUT2D eigenvalue weighted by molar-refractivity contribution is 6.06. The number of hydrogen-bond acceptors (Lipinski definition) is 9. The molecular formula is C46H52N4O7. The zero-order valence-electron chi connectivity index (χ0n) is 32.3. The van der Waals surface area contributed by atoms with E-state index in [0.29, 0.717) is 6.04 Å². The fourth-order valence-corrected chi connectivity index (χ4v) is 8.70. The average Bonchev–Trinajstić information content (AvgIpc) is 3.99. The second kappa shape index (κ2) is 18.1. The Morgan fingerprint density at radius 1 is 0.789 bits per heavy atom. The summed E-state index contributed by atoms with van der Waals surface area (Å²) >= 11 is 0. The summed E-state index contributed by atoms with van der Waals surface area (Å²) in [5, 5.41) is 12.2. The number of likely N-dealkylation sites (tertiary alicyclic amines) is 3. The van der Waals surface area contributed by atoms with E-state index in [1.807, 2.05) is 103 Å². The van der Waals surface area contributed by atoms with Crippen LogP contribution in [0.4, 0.5) is 4.79 Å². The summed E-state index contributed by atoms with van der Waals surface area (Å²) in [6, 6.07) is 32.7. The van der Waals surface area contributed by atoms with Crippen LogP contribution in [0.1, 0.15) is 78.7 Å². The minimum Gasteiger partial charge on any atom is -0.445 e. The minimum absolute atomic E-state index is 0.00259. The summed E-state index contributed by atoms with van der Waals surface area (Å²) in [4.78, 5) is 45.4. The Bertz CT molecular complexity index is 1990. The predicted molar refractivity (Wildman–Crippen MR) is 214 cm³/mol. The Labute approximate surface area is 334 Å². The average molecular weight is 773 g/mol. The van der Waals surface area contributed by atoms with Crippen molar-refractivity contribution in [2.24, 2.45) is 0 Å². The van der Waals surface area contributed by atoms with Gasteiger partial charge in [-0.3, -0.25) is 19.4 Å². The number of aliphatic hydroxyl groups is 1. The first kappa shape index (κ1) is 38.9. The number of imide groups is 1. The number of benzene rings is 4. The standard InChI is InChI=1S/C46H52N4O7/c51-30-32-14-16-35(17-15-32)42-25-39(29-49-24-8-12-38(49)28-48-22-6-7-23-48)56-45(57-42)36-20-18-34(19-21-36)40-13-5-4-11-37(40)27-50-43(52)26-41(44(50)53)47-46(54)55-31-33-9-2-1-3-10-33/h1-5,9-11,13-21,38-39,41-42,45,51H,6-8,12,22-31H2,(H,47,54)/t38-,39+,41?,42-,45-/m0/s1. The van der Waals surface area contributed by atoms with Gasteiger partial charge in [0.05, 0.1) is 31.8 Å². The molecule has 0 spiro atoms. The van der Waals surface area contributed by atoms with Gasteiger partial charge >= 0.3 is 6.09 Å². The van der Waals surface area contributed by atoms with Crippen LogP contribution in [0.25, 0.3) is 11.1 Å². The number of amides is 3. The summed E-state index contributed by atoms with van der Waals surface area (Å²) in [7, 11) is 0. The van der Waals surface area contributed by atoms with Crippen molar-refractivity contribution in [3.63, 3.8) is 0 Å². The van der Waals surface area contributed by atoms with Gasteiger partial charge in [0.25, 0.3) is 5.91 Å². The van der Waals surface area contributed by atoms with Crippen molar-refractivity contribution in [3.8, 4) is 11.1 Å². The highest BCUT2D eigenvalue weighted by Crippen LogP contribution is 2.39. The van der Waals surface area contributed by atoms with Gasteiger partial charge in [-0.1, -0.05) is 103 Å². The molecule has 4 aromatic rings. The molecule has 0 aliphatic carbocycles. The van der Waals surface area contributed by atoms with Crippen LogP contribution in [-0.4, -0.2) is 88.6 Å². The van der Waals surface area contributed by atoms with Crippen molar-refractivity contribution in [2.75, 3.05) is 32.7 Å². The van der Waals surface area contributed by atoms with E-state index in [1.54, 1.807) is 0 Å². The van der Waals surface area contributed by atoms with Crippen LogP contribution in [-0.2, 0) is 43.6 Å². The highest BCUT2D eigenvalue weighted by Gasteiger charge is 2.40. The fraction of sp³-hybridized carbons (Fsp3) is 0.413. The molecule has 11 heteroatoms. The second-order valence-electron chi connectivity index (χ2n) is 15.7. The zero-order chi connectivity index (χ0) is 39.1. The molecule has 0 radical (unpaired) electrons. The predicted octanol–water partition coefficient (Wildman–Crippen LogP) is 6.51. The quantitative estimate of drug-likeness (QED) is 0.147. The third kappa shape index (κ3) is 9.46. The van der Waals surface area contributed by atoms with Gasteiger partial charge < -0.3 is 29.5 Å². The lowest BCUT2D eigenvalue weighted by molar-refractivity contribution is -0.253. The zero-order valence-corrected chi connectivity index (χ0v) is 32.3. The number of alkyl carbamates (subject to hydrolysis) is 1. The number of carbonyl (C=O) groups excluding carboxylic acids is 3. The van der Waals surface area contributed by atoms with Gasteiger partial charge in [-0.2, -0.15) is 0 Å². The first-order chi connectivity index (χ1) is 27.9. The van der Waals surface area contributed by atoms with Crippen LogP contribution >= 0.6 is 0 Å². The van der Waals surface area contributed by atoms with Gasteiger partial charge in [0, 0.05) is 31.1 Å². The molecule has 0 bridgehead atoms. The van der Waals surface area contributed by atoms with Gasteiger partial charge in [-0.25, -0.2) is 4.79 Å². The second-order valence-corrected chi connectivity index (χ2v) is 15.7. The van der Waals surface area contributed by atoms with Gasteiger partial charge in [-0.15, -0.1) is 0 Å². The van der Waals surface area contributed by atoms with Crippen molar-refractivity contribution >= 4 is 17.9 Å². The number of carbonyl (C=O) groups is 3. The molecule has 4 saturated heterocycles. The SMILES string of the molecule is O=C(NC1CC(=O)N(Cc2ccccc2-c2ccc([C@H]3O[C@@H](CN4CCC[C@H]4CN4CCCC4)C[C@@H](c4ccc(CO)cc4)O3)cc2)C1=O)OCc1ccccc1. The number of ether oxygens (including phenoxy) is 3. The lowest BCUT2D eigenvalue weighted by Gasteiger charge is -2.39. The molecule has 4 aliphatic heterocycles. The van der Waals surface area contributed by atoms with Gasteiger partial charge in [-0.05, 0) is 78.7 Å². The monoisotopic (exact) mass is 772 g/mol. The molecule has 298 valence electrons. The maximum absolute atomic E-state index is 13.4. The molecule has 4 heterocycles. The number of rotatable bonds is 13. The summed E-state index contributed by atoms with van der Waals surface area (Å²) in [5.41, 5.74) is 6.30. The Morgan fingerprint density at radius 3 is 2.30 bits per heavy atom. The Kier molecular flexibility index (Phi) is 12.4. The Morgan fingerprint density at radius 2 is 1.53 bits per heavy atom. The molecule has 57 heavy (non-hydrogen) atoms. The molecule has 4 aromatic carbocycles. The van der Waals surface area contributed by atoms with Gasteiger partial charge in [0.15, 0.2) is 6.29 Å². The topological polar surface area (TPSA) is 121 Å². The smallest absolute Gasteiger partial charge is 0.408 e. The van der Waals surface area contributed by atoms with Gasteiger partial charge in [0.2, 0.25) is 5.91 Å². The van der Waals surface area contributed by atoms with E-state index in [4.69, 9.17) is 14.2 Å². The third-order valence-electron chi connectivity index (χ3n) is 11.8. The lowest BCUT2D eigenvalue weighted by atomic mass is 9.97. The third-order valence-corrected chi connectivity index (χ3v) is 11.8. The maximum atomic E-state index is 13.4. The van der Waals surface area contributed by atoms with Crippen molar-refractivity contribution in [1.29, 1.82) is 0 Å². The molecule has 2 N–H and O–H groups in total. The maximum Gasteiger partial charge on any atom is 0.408 e.